The van der Waals surface area contributed by atoms with Crippen LogP contribution in [0.3, 0.4) is 0 Å². The Labute approximate surface area is 229 Å². The molecule has 4 nitrogen and oxygen atoms in total. The van der Waals surface area contributed by atoms with Crippen molar-refractivity contribution in [2.45, 2.75) is 59.0 Å². The third kappa shape index (κ3) is 9.46. The molecule has 0 unspecified atom stereocenters. The van der Waals surface area contributed by atoms with E-state index in [4.69, 9.17) is 18.9 Å². The zero-order chi connectivity index (χ0) is 27.0. The maximum Gasteiger partial charge on any atom is 0.188 e. The van der Waals surface area contributed by atoms with Gasteiger partial charge in [0.15, 0.2) is 13.6 Å². The minimum Gasteiger partial charge on any atom is -0.476 e. The molecule has 0 atom stereocenters. The molecule has 0 amide bonds. The van der Waals surface area contributed by atoms with E-state index in [0.717, 1.165) is 67.4 Å². The minimum atomic E-state index is 0.203. The lowest BCUT2D eigenvalue weighted by Crippen LogP contribution is -2.18. The van der Waals surface area contributed by atoms with Crippen LogP contribution in [-0.2, 0) is 38.4 Å². The van der Waals surface area contributed by atoms with E-state index in [9.17, 15) is 0 Å². The fraction of sp³-hybridized carbons (Fsp3) is 0.412. The maximum absolute atomic E-state index is 5.56. The summed E-state index contributed by atoms with van der Waals surface area (Å²) in [5.74, 6) is 14.9. The molecule has 0 aromatic heterocycles. The van der Waals surface area contributed by atoms with E-state index in [1.807, 2.05) is 24.3 Å². The van der Waals surface area contributed by atoms with Crippen molar-refractivity contribution < 1.29 is 18.9 Å². The van der Waals surface area contributed by atoms with Crippen LogP contribution < -0.4 is 0 Å². The van der Waals surface area contributed by atoms with Crippen LogP contribution in [-0.4, -0.2) is 20.2 Å². The van der Waals surface area contributed by atoms with Gasteiger partial charge in [-0.15, -0.1) is 0 Å². The molecule has 3 rings (SSSR count). The molecule has 0 aliphatic heterocycles. The summed E-state index contributed by atoms with van der Waals surface area (Å²) in [7, 11) is 0. The lowest BCUT2D eigenvalue weighted by molar-refractivity contribution is -0.0312. The summed E-state index contributed by atoms with van der Waals surface area (Å²) in [5, 5.41) is 0. The summed E-state index contributed by atoms with van der Waals surface area (Å²) in [4.78, 5) is 0. The van der Waals surface area contributed by atoms with Gasteiger partial charge in [-0.2, -0.15) is 0 Å². The van der Waals surface area contributed by atoms with Crippen LogP contribution in [0.1, 0.15) is 72.9 Å². The standard InChI is InChI=1S/C34H40O4/c1-5-32-21-31(18-13-27-9-14-29(15-10-27)23-37-25-35-7-3)22-33(6-2)34(32)20-19-28-11-16-30(17-12-28)24-38-26-36-8-4/h7-8,11-12,16-17,21-22,27,29H,3-6,9-10,14-15,23-26H2,1-2H3. The van der Waals surface area contributed by atoms with Crippen molar-refractivity contribution in [3.05, 3.63) is 95.5 Å². The van der Waals surface area contributed by atoms with Crippen molar-refractivity contribution in [1.82, 2.24) is 0 Å². The van der Waals surface area contributed by atoms with E-state index >= 15 is 0 Å². The number of rotatable bonds is 12. The molecular weight excluding hydrogens is 472 g/mol. The largest absolute Gasteiger partial charge is 0.476 e. The van der Waals surface area contributed by atoms with Crippen LogP contribution in [0.25, 0.3) is 0 Å². The quantitative estimate of drug-likeness (QED) is 0.131. The van der Waals surface area contributed by atoms with Crippen molar-refractivity contribution in [3.63, 3.8) is 0 Å². The fourth-order valence-corrected chi connectivity index (χ4v) is 4.60. The molecule has 1 saturated carbocycles. The first-order chi connectivity index (χ1) is 18.7. The monoisotopic (exact) mass is 512 g/mol. The molecule has 0 heterocycles. The fourth-order valence-electron chi connectivity index (χ4n) is 4.60. The van der Waals surface area contributed by atoms with Crippen LogP contribution in [0, 0.1) is 35.5 Å². The topological polar surface area (TPSA) is 36.9 Å². The van der Waals surface area contributed by atoms with E-state index in [-0.39, 0.29) is 13.6 Å². The number of aryl methyl sites for hydroxylation is 2. The van der Waals surface area contributed by atoms with E-state index < -0.39 is 0 Å². The highest BCUT2D eigenvalue weighted by molar-refractivity contribution is 5.55. The highest BCUT2D eigenvalue weighted by atomic mass is 16.7. The molecule has 0 saturated heterocycles. The Morgan fingerprint density at radius 3 is 2.03 bits per heavy atom. The Hall–Kier alpha value is -3.44. The molecule has 4 heteroatoms. The van der Waals surface area contributed by atoms with Crippen LogP contribution in [0.4, 0.5) is 0 Å². The lowest BCUT2D eigenvalue weighted by Gasteiger charge is -2.25. The van der Waals surface area contributed by atoms with Gasteiger partial charge >= 0.3 is 0 Å². The second-order valence-electron chi connectivity index (χ2n) is 9.43. The van der Waals surface area contributed by atoms with Crippen LogP contribution in [0.2, 0.25) is 0 Å². The summed E-state index contributed by atoms with van der Waals surface area (Å²) < 4.78 is 21.0. The van der Waals surface area contributed by atoms with E-state index in [1.54, 1.807) is 0 Å². The number of ether oxygens (including phenoxy) is 4. The third-order valence-corrected chi connectivity index (χ3v) is 6.78. The molecule has 2 aromatic carbocycles. The summed E-state index contributed by atoms with van der Waals surface area (Å²) in [6.07, 6.45) is 9.20. The smallest absolute Gasteiger partial charge is 0.188 e. The first-order valence-corrected chi connectivity index (χ1v) is 13.6. The number of hydrogen-bond acceptors (Lipinski definition) is 4. The van der Waals surface area contributed by atoms with E-state index in [2.05, 4.69) is 62.8 Å². The zero-order valence-electron chi connectivity index (χ0n) is 22.9. The van der Waals surface area contributed by atoms with E-state index in [1.165, 1.54) is 23.7 Å². The molecular formula is C34H40O4. The summed E-state index contributed by atoms with van der Waals surface area (Å²) in [6.45, 7) is 13.1. The van der Waals surface area contributed by atoms with Gasteiger partial charge in [0.05, 0.1) is 25.7 Å². The Morgan fingerprint density at radius 2 is 1.42 bits per heavy atom. The zero-order valence-corrected chi connectivity index (χ0v) is 22.9. The van der Waals surface area contributed by atoms with Crippen molar-refractivity contribution >= 4 is 0 Å². The Balaban J connectivity index is 1.63. The molecule has 1 aliphatic rings. The average molecular weight is 513 g/mol. The highest BCUT2D eigenvalue weighted by Gasteiger charge is 2.20. The minimum absolute atomic E-state index is 0.203. The summed E-state index contributed by atoms with van der Waals surface area (Å²) in [5.41, 5.74) is 6.82. The SMILES string of the molecule is C=COCOCc1ccc(C#Cc2c(CC)cc(C#CC3CCC(COCOC=C)CC3)cc2CC)cc1. The second kappa shape index (κ2) is 16.4. The maximum atomic E-state index is 5.56. The first kappa shape index (κ1) is 29.1. The second-order valence-corrected chi connectivity index (χ2v) is 9.43. The first-order valence-electron chi connectivity index (χ1n) is 13.6. The predicted molar refractivity (Wildman–Crippen MR) is 153 cm³/mol. The number of benzene rings is 2. The van der Waals surface area contributed by atoms with Gasteiger partial charge in [0.2, 0.25) is 0 Å². The van der Waals surface area contributed by atoms with Gasteiger partial charge in [0.1, 0.15) is 0 Å². The molecule has 0 N–H and O–H groups in total. The Morgan fingerprint density at radius 1 is 0.789 bits per heavy atom. The Kier molecular flexibility index (Phi) is 12.6. The molecule has 38 heavy (non-hydrogen) atoms. The lowest BCUT2D eigenvalue weighted by atomic mass is 9.82. The molecule has 1 fully saturated rings. The van der Waals surface area contributed by atoms with E-state index in [0.29, 0.717) is 18.4 Å². The Bertz CT molecular complexity index is 1120. The molecule has 2 aromatic rings. The molecule has 0 bridgehead atoms. The van der Waals surface area contributed by atoms with Gasteiger partial charge in [-0.3, -0.25) is 0 Å². The number of hydrogen-bond donors (Lipinski definition) is 0. The van der Waals surface area contributed by atoms with Crippen molar-refractivity contribution in [1.29, 1.82) is 0 Å². The molecule has 1 aliphatic carbocycles. The van der Waals surface area contributed by atoms with Crippen molar-refractivity contribution in [2.24, 2.45) is 11.8 Å². The molecule has 0 radical (unpaired) electrons. The molecule has 0 spiro atoms. The normalized spacial score (nSPS) is 16.4. The third-order valence-electron chi connectivity index (χ3n) is 6.78. The van der Waals surface area contributed by atoms with Crippen molar-refractivity contribution in [2.75, 3.05) is 20.2 Å². The van der Waals surface area contributed by atoms with Crippen LogP contribution in [0.5, 0.6) is 0 Å². The van der Waals surface area contributed by atoms with Crippen LogP contribution in [0.15, 0.2) is 62.1 Å². The van der Waals surface area contributed by atoms with Crippen molar-refractivity contribution in [3.8, 4) is 23.7 Å². The highest BCUT2D eigenvalue weighted by Crippen LogP contribution is 2.29. The predicted octanol–water partition coefficient (Wildman–Crippen LogP) is 7.14. The van der Waals surface area contributed by atoms with Gasteiger partial charge < -0.3 is 18.9 Å². The summed E-state index contributed by atoms with van der Waals surface area (Å²) in [6, 6.07) is 12.6. The van der Waals surface area contributed by atoms with Gasteiger partial charge in [-0.05, 0) is 85.4 Å². The van der Waals surface area contributed by atoms with Gasteiger partial charge in [-0.1, -0.05) is 62.8 Å². The van der Waals surface area contributed by atoms with Gasteiger partial charge in [0.25, 0.3) is 0 Å². The van der Waals surface area contributed by atoms with Gasteiger partial charge in [0, 0.05) is 22.6 Å². The van der Waals surface area contributed by atoms with Crippen LogP contribution >= 0.6 is 0 Å². The average Bonchev–Trinajstić information content (AvgIpc) is 2.96. The van der Waals surface area contributed by atoms with Gasteiger partial charge in [-0.25, -0.2) is 0 Å². The molecule has 200 valence electrons. The summed E-state index contributed by atoms with van der Waals surface area (Å²) >= 11 is 0.